The smallest absolute Gasteiger partial charge is 0.0572 e. The first kappa shape index (κ1) is 12.0. The first-order valence-corrected chi connectivity index (χ1v) is 6.06. The number of likely N-dealkylation sites (N-methyl/N-ethyl adjacent to an activating group) is 1. The first-order valence-electron chi connectivity index (χ1n) is 6.06. The molecule has 0 aromatic rings. The summed E-state index contributed by atoms with van der Waals surface area (Å²) in [5.41, 5.74) is 0. The van der Waals surface area contributed by atoms with Crippen LogP contribution in [0.1, 0.15) is 33.1 Å². The van der Waals surface area contributed by atoms with E-state index >= 15 is 0 Å². The van der Waals surface area contributed by atoms with E-state index in [-0.39, 0.29) is 0 Å². The van der Waals surface area contributed by atoms with Crippen molar-refractivity contribution in [1.82, 2.24) is 15.5 Å². The summed E-state index contributed by atoms with van der Waals surface area (Å²) in [5.74, 6) is 0. The normalized spacial score (nSPS) is 22.9. The molecule has 0 bridgehead atoms. The van der Waals surface area contributed by atoms with Gasteiger partial charge in [-0.3, -0.25) is 0 Å². The Labute approximate surface area is 88.2 Å². The lowest BCUT2D eigenvalue weighted by molar-refractivity contribution is 0.277. The highest BCUT2D eigenvalue weighted by molar-refractivity contribution is 4.70. The monoisotopic (exact) mass is 199 g/mol. The largest absolute Gasteiger partial charge is 0.303 e. The molecule has 1 aliphatic heterocycles. The molecule has 14 heavy (non-hydrogen) atoms. The van der Waals surface area contributed by atoms with E-state index in [9.17, 15) is 0 Å². The van der Waals surface area contributed by atoms with Crippen LogP contribution in [0.15, 0.2) is 0 Å². The Morgan fingerprint density at radius 3 is 2.64 bits per heavy atom. The fourth-order valence-corrected chi connectivity index (χ4v) is 1.96. The molecule has 84 valence electrons. The molecule has 0 radical (unpaired) electrons. The third kappa shape index (κ3) is 4.40. The van der Waals surface area contributed by atoms with Crippen molar-refractivity contribution in [2.24, 2.45) is 0 Å². The minimum Gasteiger partial charge on any atom is -0.303 e. The number of nitrogens with one attached hydrogen (secondary N) is 2. The molecule has 0 aromatic heterocycles. The van der Waals surface area contributed by atoms with E-state index < -0.39 is 0 Å². The molecule has 0 aromatic carbocycles. The van der Waals surface area contributed by atoms with Gasteiger partial charge >= 0.3 is 0 Å². The molecule has 3 heteroatoms. The fourth-order valence-electron chi connectivity index (χ4n) is 1.96. The van der Waals surface area contributed by atoms with Crippen LogP contribution < -0.4 is 10.6 Å². The number of piperidine rings is 1. The molecule has 1 fully saturated rings. The quantitative estimate of drug-likeness (QED) is 0.669. The van der Waals surface area contributed by atoms with Crippen LogP contribution in [-0.4, -0.2) is 43.8 Å². The Hall–Kier alpha value is -0.120. The second-order valence-corrected chi connectivity index (χ2v) is 3.98. The zero-order valence-corrected chi connectivity index (χ0v) is 9.68. The molecular weight excluding hydrogens is 174 g/mol. The van der Waals surface area contributed by atoms with E-state index in [0.717, 1.165) is 19.6 Å². The van der Waals surface area contributed by atoms with E-state index in [2.05, 4.69) is 29.4 Å². The minimum absolute atomic E-state index is 0.569. The van der Waals surface area contributed by atoms with Gasteiger partial charge in [0.05, 0.1) is 6.17 Å². The Morgan fingerprint density at radius 2 is 2.07 bits per heavy atom. The Bertz CT molecular complexity index is 128. The van der Waals surface area contributed by atoms with Crippen LogP contribution in [0.25, 0.3) is 0 Å². The topological polar surface area (TPSA) is 27.3 Å². The van der Waals surface area contributed by atoms with Crippen molar-refractivity contribution in [3.05, 3.63) is 0 Å². The molecular formula is C11H25N3. The predicted octanol–water partition coefficient (Wildman–Crippen LogP) is 1.02. The summed E-state index contributed by atoms with van der Waals surface area (Å²) in [4.78, 5) is 2.45. The molecule has 1 unspecified atom stereocenters. The van der Waals surface area contributed by atoms with Gasteiger partial charge in [-0.05, 0) is 38.9 Å². The van der Waals surface area contributed by atoms with Crippen molar-refractivity contribution in [3.8, 4) is 0 Å². The van der Waals surface area contributed by atoms with Gasteiger partial charge in [0.15, 0.2) is 0 Å². The van der Waals surface area contributed by atoms with Crippen LogP contribution >= 0.6 is 0 Å². The van der Waals surface area contributed by atoms with Crippen LogP contribution in [0, 0.1) is 0 Å². The van der Waals surface area contributed by atoms with Gasteiger partial charge in [0.25, 0.3) is 0 Å². The van der Waals surface area contributed by atoms with Crippen molar-refractivity contribution >= 4 is 0 Å². The number of nitrogens with zero attached hydrogens (tertiary/aromatic N) is 1. The Morgan fingerprint density at radius 1 is 1.29 bits per heavy atom. The van der Waals surface area contributed by atoms with Gasteiger partial charge in [-0.15, -0.1) is 0 Å². The third-order valence-electron chi connectivity index (χ3n) is 3.02. The maximum absolute atomic E-state index is 3.57. The lowest BCUT2D eigenvalue weighted by Gasteiger charge is -2.26. The summed E-state index contributed by atoms with van der Waals surface area (Å²) in [6.45, 7) is 10.2. The standard InChI is InChI=1S/C11H25N3/c1-3-14(4-2)10-9-13-11-7-5-6-8-12-11/h11-13H,3-10H2,1-2H3. The van der Waals surface area contributed by atoms with Crippen LogP contribution in [0.2, 0.25) is 0 Å². The lowest BCUT2D eigenvalue weighted by atomic mass is 10.1. The molecule has 1 rings (SSSR count). The van der Waals surface area contributed by atoms with Gasteiger partial charge in [0.2, 0.25) is 0 Å². The molecule has 0 spiro atoms. The van der Waals surface area contributed by atoms with Gasteiger partial charge < -0.3 is 15.5 Å². The third-order valence-corrected chi connectivity index (χ3v) is 3.02. The summed E-state index contributed by atoms with van der Waals surface area (Å²) in [7, 11) is 0. The summed E-state index contributed by atoms with van der Waals surface area (Å²) in [6.07, 6.45) is 4.57. The molecule has 0 aliphatic carbocycles. The minimum atomic E-state index is 0.569. The van der Waals surface area contributed by atoms with Crippen LogP contribution in [-0.2, 0) is 0 Å². The molecule has 1 atom stereocenters. The molecule has 1 saturated heterocycles. The maximum Gasteiger partial charge on any atom is 0.0572 e. The summed E-state index contributed by atoms with van der Waals surface area (Å²) >= 11 is 0. The SMILES string of the molecule is CCN(CC)CCNC1CCCCN1. The fraction of sp³-hybridized carbons (Fsp3) is 1.00. The molecule has 0 amide bonds. The van der Waals surface area contributed by atoms with E-state index in [4.69, 9.17) is 0 Å². The zero-order valence-electron chi connectivity index (χ0n) is 9.68. The highest BCUT2D eigenvalue weighted by Crippen LogP contribution is 2.03. The van der Waals surface area contributed by atoms with E-state index in [0.29, 0.717) is 6.17 Å². The number of hydrogen-bond acceptors (Lipinski definition) is 3. The van der Waals surface area contributed by atoms with Gasteiger partial charge in [0.1, 0.15) is 0 Å². The second-order valence-electron chi connectivity index (χ2n) is 3.98. The van der Waals surface area contributed by atoms with Crippen molar-refractivity contribution in [2.75, 3.05) is 32.7 Å². The van der Waals surface area contributed by atoms with E-state index in [1.54, 1.807) is 0 Å². The number of hydrogen-bond donors (Lipinski definition) is 2. The molecule has 0 saturated carbocycles. The van der Waals surface area contributed by atoms with Crippen molar-refractivity contribution in [2.45, 2.75) is 39.3 Å². The second kappa shape index (κ2) is 7.21. The Kier molecular flexibility index (Phi) is 6.15. The van der Waals surface area contributed by atoms with Gasteiger partial charge in [-0.25, -0.2) is 0 Å². The zero-order chi connectivity index (χ0) is 10.2. The molecule has 1 heterocycles. The summed E-state index contributed by atoms with van der Waals surface area (Å²) in [6, 6.07) is 0. The van der Waals surface area contributed by atoms with Crippen LogP contribution in [0.3, 0.4) is 0 Å². The maximum atomic E-state index is 3.57. The summed E-state index contributed by atoms with van der Waals surface area (Å²) in [5, 5.41) is 7.07. The van der Waals surface area contributed by atoms with Crippen molar-refractivity contribution in [3.63, 3.8) is 0 Å². The predicted molar refractivity (Wildman–Crippen MR) is 61.4 cm³/mol. The lowest BCUT2D eigenvalue weighted by Crippen LogP contribution is -2.47. The van der Waals surface area contributed by atoms with Gasteiger partial charge in [0, 0.05) is 13.1 Å². The van der Waals surface area contributed by atoms with Crippen LogP contribution in [0.4, 0.5) is 0 Å². The highest BCUT2D eigenvalue weighted by atomic mass is 15.2. The van der Waals surface area contributed by atoms with E-state index in [1.165, 1.54) is 32.4 Å². The van der Waals surface area contributed by atoms with Crippen molar-refractivity contribution < 1.29 is 0 Å². The van der Waals surface area contributed by atoms with Crippen molar-refractivity contribution in [1.29, 1.82) is 0 Å². The van der Waals surface area contributed by atoms with Crippen LogP contribution in [0.5, 0.6) is 0 Å². The number of rotatable bonds is 6. The summed E-state index contributed by atoms with van der Waals surface area (Å²) < 4.78 is 0. The molecule has 2 N–H and O–H groups in total. The average molecular weight is 199 g/mol. The highest BCUT2D eigenvalue weighted by Gasteiger charge is 2.10. The average Bonchev–Trinajstić information content (AvgIpc) is 2.26. The van der Waals surface area contributed by atoms with Gasteiger partial charge in [-0.2, -0.15) is 0 Å². The van der Waals surface area contributed by atoms with E-state index in [1.807, 2.05) is 0 Å². The first-order chi connectivity index (χ1) is 6.86. The molecule has 1 aliphatic rings. The van der Waals surface area contributed by atoms with Gasteiger partial charge in [-0.1, -0.05) is 13.8 Å². The Balaban J connectivity index is 2.01. The molecule has 3 nitrogen and oxygen atoms in total.